The summed E-state index contributed by atoms with van der Waals surface area (Å²) in [7, 11) is 3.80. The van der Waals surface area contributed by atoms with Crippen LogP contribution in [0.25, 0.3) is 11.0 Å². The van der Waals surface area contributed by atoms with Crippen molar-refractivity contribution in [1.29, 1.82) is 0 Å². The largest absolute Gasteiger partial charge is 0.494 e. The van der Waals surface area contributed by atoms with E-state index in [0.29, 0.717) is 41.1 Å². The number of methoxy groups -OCH3 is 1. The number of likely N-dealkylation sites (N-methyl/N-ethyl adjacent to an activating group) is 1. The number of piperazine rings is 1. The summed E-state index contributed by atoms with van der Waals surface area (Å²) in [5.41, 5.74) is 3.17. The summed E-state index contributed by atoms with van der Waals surface area (Å²) >= 11 is 0. The van der Waals surface area contributed by atoms with Crippen molar-refractivity contribution in [2.45, 2.75) is 13.3 Å². The van der Waals surface area contributed by atoms with Crippen LogP contribution in [0.3, 0.4) is 0 Å². The number of H-pyrrole nitrogens is 1. The van der Waals surface area contributed by atoms with Crippen molar-refractivity contribution in [2.75, 3.05) is 55.9 Å². The molecule has 4 aromatic rings. The van der Waals surface area contributed by atoms with Crippen LogP contribution in [0.4, 0.5) is 23.0 Å². The van der Waals surface area contributed by atoms with Crippen LogP contribution in [0.2, 0.25) is 0 Å². The highest BCUT2D eigenvalue weighted by Crippen LogP contribution is 2.34. The second-order valence-electron chi connectivity index (χ2n) is 8.92. The smallest absolute Gasteiger partial charge is 0.233 e. The average molecular weight is 502 g/mol. The molecule has 1 aliphatic heterocycles. The van der Waals surface area contributed by atoms with E-state index in [0.717, 1.165) is 42.9 Å². The first-order valence-electron chi connectivity index (χ1n) is 12.3. The Morgan fingerprint density at radius 1 is 1.08 bits per heavy atom. The first-order chi connectivity index (χ1) is 18.0. The zero-order valence-corrected chi connectivity index (χ0v) is 21.2. The molecule has 0 aliphatic carbocycles. The minimum absolute atomic E-state index is 0.0636. The van der Waals surface area contributed by atoms with Crippen molar-refractivity contribution in [3.63, 3.8) is 0 Å². The van der Waals surface area contributed by atoms with Gasteiger partial charge in [-0.2, -0.15) is 9.97 Å². The number of aromatic amines is 1. The number of anilines is 4. The number of fused-ring (bicyclic) bond motifs is 1. The molecule has 3 N–H and O–H groups in total. The zero-order valence-electron chi connectivity index (χ0n) is 21.2. The van der Waals surface area contributed by atoms with Crippen LogP contribution in [0, 0.1) is 0 Å². The van der Waals surface area contributed by atoms with Crippen LogP contribution in [-0.4, -0.2) is 66.1 Å². The molecule has 1 fully saturated rings. The Morgan fingerprint density at radius 3 is 2.70 bits per heavy atom. The lowest BCUT2D eigenvalue weighted by atomic mass is 10.2. The van der Waals surface area contributed by atoms with Gasteiger partial charge in [0.25, 0.3) is 0 Å². The summed E-state index contributed by atoms with van der Waals surface area (Å²) in [6, 6.07) is 15.2. The summed E-state index contributed by atoms with van der Waals surface area (Å²) in [5.74, 6) is 1.95. The van der Waals surface area contributed by atoms with Crippen LogP contribution in [-0.2, 0) is 4.79 Å². The van der Waals surface area contributed by atoms with E-state index in [4.69, 9.17) is 9.47 Å². The van der Waals surface area contributed by atoms with Gasteiger partial charge in [0.2, 0.25) is 17.7 Å². The van der Waals surface area contributed by atoms with Crippen LogP contribution in [0.1, 0.15) is 13.3 Å². The minimum Gasteiger partial charge on any atom is -0.494 e. The number of hydrogen-bond donors (Lipinski definition) is 3. The highest BCUT2D eigenvalue weighted by atomic mass is 16.5. The number of nitrogens with zero attached hydrogens (tertiary/aromatic N) is 4. The zero-order chi connectivity index (χ0) is 25.8. The highest BCUT2D eigenvalue weighted by Gasteiger charge is 2.17. The van der Waals surface area contributed by atoms with Gasteiger partial charge in [-0.15, -0.1) is 0 Å². The number of aromatic nitrogens is 3. The van der Waals surface area contributed by atoms with Gasteiger partial charge in [0.1, 0.15) is 17.1 Å². The Morgan fingerprint density at radius 2 is 1.92 bits per heavy atom. The third-order valence-corrected chi connectivity index (χ3v) is 6.33. The molecule has 0 spiro atoms. The normalized spacial score (nSPS) is 14.0. The Bertz CT molecular complexity index is 1400. The highest BCUT2D eigenvalue weighted by molar-refractivity contribution is 5.90. The maximum Gasteiger partial charge on any atom is 0.233 e. The summed E-state index contributed by atoms with van der Waals surface area (Å²) in [6.07, 6.45) is 2.19. The van der Waals surface area contributed by atoms with Crippen LogP contribution >= 0.6 is 0 Å². The second-order valence-corrected chi connectivity index (χ2v) is 8.92. The molecule has 10 heteroatoms. The minimum atomic E-state index is -0.0636. The number of hydrogen-bond acceptors (Lipinski definition) is 8. The standard InChI is InChI=1S/C27H31N7O3/c1-4-24(35)29-18-6-5-7-20(16-18)37-26-21-10-11-28-25(21)31-27(32-26)30-22-9-8-19(17-23(22)36-3)34-14-12-33(2)13-15-34/h5-11,16-17H,4,12-15H2,1-3H3,(H,29,35)(H2,28,30,31,32). The van der Waals surface area contributed by atoms with E-state index >= 15 is 0 Å². The van der Waals surface area contributed by atoms with Crippen molar-refractivity contribution >= 4 is 40.0 Å². The number of nitrogens with one attached hydrogen (secondary N) is 3. The molecule has 0 unspecified atom stereocenters. The summed E-state index contributed by atoms with van der Waals surface area (Å²) in [6.45, 7) is 5.82. The Hall–Kier alpha value is -4.31. The molecule has 0 atom stereocenters. The number of benzene rings is 2. The van der Waals surface area contributed by atoms with Crippen LogP contribution < -0.4 is 25.0 Å². The third-order valence-electron chi connectivity index (χ3n) is 6.33. The van der Waals surface area contributed by atoms with E-state index in [1.54, 1.807) is 19.4 Å². The summed E-state index contributed by atoms with van der Waals surface area (Å²) < 4.78 is 11.8. The summed E-state index contributed by atoms with van der Waals surface area (Å²) in [5, 5.41) is 6.87. The number of ether oxygens (including phenoxy) is 2. The Labute approximate surface area is 215 Å². The van der Waals surface area contributed by atoms with Crippen LogP contribution in [0.15, 0.2) is 54.7 Å². The Balaban J connectivity index is 1.39. The lowest BCUT2D eigenvalue weighted by molar-refractivity contribution is -0.115. The molecule has 0 bridgehead atoms. The molecular formula is C27H31N7O3. The fraction of sp³-hybridized carbons (Fsp3) is 0.296. The van der Waals surface area contributed by atoms with E-state index in [1.165, 1.54) is 0 Å². The lowest BCUT2D eigenvalue weighted by Crippen LogP contribution is -2.44. The van der Waals surface area contributed by atoms with Gasteiger partial charge in [0.15, 0.2) is 0 Å². The maximum absolute atomic E-state index is 11.8. The van der Waals surface area contributed by atoms with Gasteiger partial charge in [-0.05, 0) is 37.4 Å². The van der Waals surface area contributed by atoms with Crippen molar-refractivity contribution < 1.29 is 14.3 Å². The van der Waals surface area contributed by atoms with Crippen LogP contribution in [0.5, 0.6) is 17.4 Å². The molecule has 5 rings (SSSR count). The molecular weight excluding hydrogens is 470 g/mol. The molecule has 1 saturated heterocycles. The Kier molecular flexibility index (Phi) is 7.09. The molecule has 3 heterocycles. The first-order valence-corrected chi connectivity index (χ1v) is 12.3. The monoisotopic (exact) mass is 501 g/mol. The molecule has 2 aromatic heterocycles. The van der Waals surface area contributed by atoms with E-state index < -0.39 is 0 Å². The fourth-order valence-electron chi connectivity index (χ4n) is 4.21. The third kappa shape index (κ3) is 5.59. The quantitative estimate of drug-likeness (QED) is 0.322. The van der Waals surface area contributed by atoms with Gasteiger partial charge in [-0.3, -0.25) is 4.79 Å². The predicted octanol–water partition coefficient (Wildman–Crippen LogP) is 4.60. The van der Waals surface area contributed by atoms with Crippen molar-refractivity contribution in [1.82, 2.24) is 19.9 Å². The molecule has 37 heavy (non-hydrogen) atoms. The molecule has 1 aliphatic rings. The van der Waals surface area contributed by atoms with Crippen molar-refractivity contribution in [3.8, 4) is 17.4 Å². The number of carbonyl (C=O) groups excluding carboxylic acids is 1. The predicted molar refractivity (Wildman–Crippen MR) is 145 cm³/mol. The van der Waals surface area contributed by atoms with Gasteiger partial charge >= 0.3 is 0 Å². The SMILES string of the molecule is CCC(=O)Nc1cccc(Oc2nc(Nc3ccc(N4CCN(C)CC4)cc3OC)nc3[nH]ccc23)c1. The molecule has 1 amide bonds. The second kappa shape index (κ2) is 10.8. The van der Waals surface area contributed by atoms with E-state index in [-0.39, 0.29) is 5.91 Å². The van der Waals surface area contributed by atoms with Gasteiger partial charge < -0.3 is 34.9 Å². The number of amides is 1. The average Bonchev–Trinajstić information content (AvgIpc) is 3.39. The number of rotatable bonds is 8. The van der Waals surface area contributed by atoms with Crippen molar-refractivity contribution in [2.24, 2.45) is 0 Å². The first kappa shape index (κ1) is 24.4. The maximum atomic E-state index is 11.8. The lowest BCUT2D eigenvalue weighted by Gasteiger charge is -2.34. The fourth-order valence-corrected chi connectivity index (χ4v) is 4.21. The van der Waals surface area contributed by atoms with E-state index in [9.17, 15) is 4.79 Å². The van der Waals surface area contributed by atoms with Gasteiger partial charge in [0.05, 0.1) is 18.2 Å². The molecule has 0 saturated carbocycles. The van der Waals surface area contributed by atoms with Gasteiger partial charge in [-0.1, -0.05) is 13.0 Å². The molecule has 2 aromatic carbocycles. The summed E-state index contributed by atoms with van der Waals surface area (Å²) in [4.78, 5) is 28.9. The van der Waals surface area contributed by atoms with E-state index in [2.05, 4.69) is 48.5 Å². The van der Waals surface area contributed by atoms with Gasteiger partial charge in [0, 0.05) is 62.3 Å². The topological polar surface area (TPSA) is 108 Å². The molecule has 0 radical (unpaired) electrons. The van der Waals surface area contributed by atoms with E-state index in [1.807, 2.05) is 43.3 Å². The molecule has 10 nitrogen and oxygen atoms in total. The molecule has 192 valence electrons. The van der Waals surface area contributed by atoms with Crippen molar-refractivity contribution in [3.05, 3.63) is 54.7 Å². The number of carbonyl (C=O) groups is 1. The van der Waals surface area contributed by atoms with Gasteiger partial charge in [-0.25, -0.2) is 0 Å².